The maximum Gasteiger partial charge on any atom is 0.164 e. The molecule has 0 bridgehead atoms. The minimum atomic E-state index is 0. The van der Waals surface area contributed by atoms with Crippen LogP contribution < -0.4 is 0 Å². The van der Waals surface area contributed by atoms with Gasteiger partial charge in [-0.3, -0.25) is 0 Å². The smallest absolute Gasteiger partial charge is 0.164 e. The summed E-state index contributed by atoms with van der Waals surface area (Å²) in [7, 11) is 0. The molecule has 0 saturated carbocycles. The largest absolute Gasteiger partial charge is 0.456 e. The van der Waals surface area contributed by atoms with Crippen LogP contribution in [0.4, 0.5) is 0 Å². The van der Waals surface area contributed by atoms with Crippen LogP contribution in [-0.4, -0.2) is 53.6 Å². The molecule has 0 N–H and O–H groups in total. The SMILES string of the molecule is C.C.C.N#Cc1ccc(-c2nc(-c3ccccc3)nc(-c3ccc(-n4c5ccccc5c5ccc6c7ccccc7oc6c54)cc3)n2)cc1.N#Cc1cccc(-c2cc(-c3ccccc3)nc(-c3cccc(-n4c5ccccc5c5cc6oc7ccccc7c6cc54)c3)n2)c1.N#Cc1cccc(-c2nc(-c3ccccc3)nc(-c3cccc(-n4c5ccccc5c5cc6sc7ccccc7c6cc54)c3)n2)c1. The molecule has 0 aliphatic heterocycles. The Bertz CT molecular complexity index is 9350. The molecule has 666 valence electrons. The van der Waals surface area contributed by atoms with Gasteiger partial charge in [-0.05, 0) is 170 Å². The van der Waals surface area contributed by atoms with Crippen molar-refractivity contribution < 1.29 is 8.83 Å². The first-order valence-corrected chi connectivity index (χ1v) is 46.0. The first-order valence-electron chi connectivity index (χ1n) is 45.2. The van der Waals surface area contributed by atoms with Crippen molar-refractivity contribution >= 4 is 141 Å². The number of para-hydroxylation sites is 5. The second-order valence-electron chi connectivity index (χ2n) is 33.8. The van der Waals surface area contributed by atoms with Crippen molar-refractivity contribution in [2.75, 3.05) is 0 Å². The Kier molecular flexibility index (Phi) is 22.6. The first-order chi connectivity index (χ1) is 68.2. The lowest BCUT2D eigenvalue weighted by Crippen LogP contribution is -2.01. The molecule has 16 nitrogen and oxygen atoms in total. The summed E-state index contributed by atoms with van der Waals surface area (Å²) >= 11 is 1.84. The van der Waals surface area contributed by atoms with Gasteiger partial charge in [-0.15, -0.1) is 11.3 Å². The van der Waals surface area contributed by atoms with Crippen LogP contribution in [0.25, 0.3) is 249 Å². The number of fused-ring (bicyclic) bond motifs is 19. The lowest BCUT2D eigenvalue weighted by molar-refractivity contribution is 0.669. The first kappa shape index (κ1) is 87.1. The molecule has 0 radical (unpaired) electrons. The van der Waals surface area contributed by atoms with Crippen LogP contribution >= 0.6 is 11.3 Å². The predicted octanol–water partition coefficient (Wildman–Crippen LogP) is 32.2. The fourth-order valence-corrected chi connectivity index (χ4v) is 20.2. The minimum Gasteiger partial charge on any atom is -0.456 e. The van der Waals surface area contributed by atoms with Gasteiger partial charge >= 0.3 is 0 Å². The van der Waals surface area contributed by atoms with Crippen LogP contribution in [0.3, 0.4) is 0 Å². The van der Waals surface area contributed by atoms with Crippen molar-refractivity contribution in [2.45, 2.75) is 22.3 Å². The van der Waals surface area contributed by atoms with Crippen molar-refractivity contribution in [3.8, 4) is 137 Å². The molecular formula is C124H82N14O2S. The van der Waals surface area contributed by atoms with E-state index in [4.69, 9.17) is 48.7 Å². The Morgan fingerprint density at radius 1 is 0.206 bits per heavy atom. The monoisotopic (exact) mass is 1830 g/mol. The highest BCUT2D eigenvalue weighted by Crippen LogP contribution is 2.46. The maximum atomic E-state index is 9.55. The molecule has 0 unspecified atom stereocenters. The molecule has 27 rings (SSSR count). The van der Waals surface area contributed by atoms with Crippen molar-refractivity contribution in [1.29, 1.82) is 15.8 Å². The molecule has 17 heteroatoms. The van der Waals surface area contributed by atoms with E-state index in [0.29, 0.717) is 57.5 Å². The topological polar surface area (TPSA) is 216 Å². The van der Waals surface area contributed by atoms with Crippen LogP contribution in [0.15, 0.2) is 433 Å². The van der Waals surface area contributed by atoms with E-state index >= 15 is 0 Å². The highest BCUT2D eigenvalue weighted by atomic mass is 32.1. The Labute approximate surface area is 814 Å². The molecule has 9 aromatic heterocycles. The summed E-state index contributed by atoms with van der Waals surface area (Å²) in [5.41, 5.74) is 24.4. The lowest BCUT2D eigenvalue weighted by atomic mass is 10.0. The summed E-state index contributed by atoms with van der Waals surface area (Å²) in [5.74, 6) is 3.99. The van der Waals surface area contributed by atoms with E-state index in [2.05, 4.69) is 262 Å². The second-order valence-corrected chi connectivity index (χ2v) is 34.9. The van der Waals surface area contributed by atoms with Crippen molar-refractivity contribution in [3.63, 3.8) is 0 Å². The van der Waals surface area contributed by atoms with E-state index in [1.165, 1.54) is 36.3 Å². The average molecular weight is 1830 g/mol. The quantitative estimate of drug-likeness (QED) is 0.111. The summed E-state index contributed by atoms with van der Waals surface area (Å²) in [5, 5.41) is 42.4. The summed E-state index contributed by atoms with van der Waals surface area (Å²) in [6.07, 6.45) is 0. The van der Waals surface area contributed by atoms with Crippen molar-refractivity contribution in [3.05, 3.63) is 441 Å². The van der Waals surface area contributed by atoms with Gasteiger partial charge in [0.1, 0.15) is 16.7 Å². The molecule has 0 aliphatic carbocycles. The van der Waals surface area contributed by atoms with Crippen molar-refractivity contribution in [1.82, 2.24) is 53.6 Å². The highest BCUT2D eigenvalue weighted by Gasteiger charge is 2.25. The number of benzene rings is 18. The van der Waals surface area contributed by atoms with E-state index in [1.807, 2.05) is 181 Å². The van der Waals surface area contributed by atoms with Gasteiger partial charge in [0.2, 0.25) is 0 Å². The minimum absolute atomic E-state index is 0. The molecule has 0 saturated heterocycles. The fraction of sp³-hybridized carbons (Fsp3) is 0.0242. The number of thiophene rings is 1. The molecule has 141 heavy (non-hydrogen) atoms. The van der Waals surface area contributed by atoms with Crippen LogP contribution in [0.1, 0.15) is 39.0 Å². The zero-order valence-electron chi connectivity index (χ0n) is 73.4. The molecular weight excluding hydrogens is 1750 g/mol. The highest BCUT2D eigenvalue weighted by molar-refractivity contribution is 7.25. The van der Waals surface area contributed by atoms with E-state index in [-0.39, 0.29) is 22.3 Å². The summed E-state index contributed by atoms with van der Waals surface area (Å²) in [4.78, 5) is 39.5. The normalized spacial score (nSPS) is 11.2. The molecule has 18 aromatic carbocycles. The fourth-order valence-electron chi connectivity index (χ4n) is 19.1. The molecule has 27 aromatic rings. The second kappa shape index (κ2) is 36.5. The summed E-state index contributed by atoms with van der Waals surface area (Å²) in [6, 6.07) is 150. The van der Waals surface area contributed by atoms with Gasteiger partial charge in [0.15, 0.2) is 46.4 Å². The molecule has 0 atom stereocenters. The molecule has 0 aliphatic rings. The lowest BCUT2D eigenvalue weighted by Gasteiger charge is -2.12. The van der Waals surface area contributed by atoms with Gasteiger partial charge in [-0.2, -0.15) is 15.8 Å². The van der Waals surface area contributed by atoms with Gasteiger partial charge < -0.3 is 22.5 Å². The van der Waals surface area contributed by atoms with Crippen LogP contribution in [0.2, 0.25) is 0 Å². The Morgan fingerprint density at radius 2 is 0.589 bits per heavy atom. The molecule has 9 heterocycles. The third-order valence-corrected chi connectivity index (χ3v) is 26.7. The zero-order chi connectivity index (χ0) is 91.8. The third kappa shape index (κ3) is 15.7. The van der Waals surface area contributed by atoms with Crippen LogP contribution in [0, 0.1) is 34.0 Å². The van der Waals surface area contributed by atoms with Crippen LogP contribution in [0.5, 0.6) is 0 Å². The van der Waals surface area contributed by atoms with Gasteiger partial charge in [0.25, 0.3) is 0 Å². The molecule has 0 amide bonds. The average Bonchev–Trinajstić information content (AvgIpc) is 1.61. The standard InChI is InChI=1S/C41H24N4O.C40H23N5O.C40H23N5S.3CH4/c42-25-26-10-8-13-28(20-26)36-24-35(27-11-2-1-3-12-27)43-41(44-36)29-14-9-15-30(21-29)45-37-18-6-4-16-31(37)33-23-40-34(22-38(33)45)32-17-5-7-19-39(32)46-40;41-24-25-14-16-27(17-15-25)39-42-38(26-8-2-1-3-9-26)43-40(44-39)28-18-20-29(21-19-28)45-34-12-6-4-10-30(34)32-22-23-33-31-11-5-7-13-35(31)46-37(33)36(32)45;41-24-25-10-8-13-27(20-25)39-42-38(26-11-2-1-3-12-26)43-40(44-39)28-14-9-15-29(21-28)45-34-18-6-4-16-30(34)32-23-37-33(22-35(32)45)31-17-5-7-19-36(31)46-37;;;/h1-24H;2*1-23H;3*1H4. The van der Waals surface area contributed by atoms with E-state index < -0.39 is 0 Å². The number of furan rings is 2. The third-order valence-electron chi connectivity index (χ3n) is 25.6. The Hall–Kier alpha value is -19.3. The number of nitriles is 3. The predicted molar refractivity (Wildman–Crippen MR) is 575 cm³/mol. The number of hydrogen-bond acceptors (Lipinski definition) is 14. The van der Waals surface area contributed by atoms with E-state index in [9.17, 15) is 15.8 Å². The van der Waals surface area contributed by atoms with Gasteiger partial charge in [-0.1, -0.05) is 277 Å². The van der Waals surface area contributed by atoms with Gasteiger partial charge in [0.05, 0.1) is 79.4 Å². The van der Waals surface area contributed by atoms with Gasteiger partial charge in [-0.25, -0.2) is 39.9 Å². The number of aromatic nitrogens is 11. The van der Waals surface area contributed by atoms with Gasteiger partial charge in [0, 0.05) is 141 Å². The summed E-state index contributed by atoms with van der Waals surface area (Å²) < 4.78 is 22.3. The molecule has 0 fully saturated rings. The zero-order valence-corrected chi connectivity index (χ0v) is 74.2. The summed E-state index contributed by atoms with van der Waals surface area (Å²) in [6.45, 7) is 0. The Morgan fingerprint density at radius 3 is 1.13 bits per heavy atom. The van der Waals surface area contributed by atoms with Crippen LogP contribution in [-0.2, 0) is 0 Å². The van der Waals surface area contributed by atoms with E-state index in [1.54, 1.807) is 24.3 Å². The number of hydrogen-bond donors (Lipinski definition) is 0. The molecule has 0 spiro atoms. The Balaban J connectivity index is 0.000000120. The van der Waals surface area contributed by atoms with Crippen molar-refractivity contribution in [2.24, 2.45) is 0 Å². The number of nitrogens with zero attached hydrogens (tertiary/aromatic N) is 14. The number of rotatable bonds is 12. The van der Waals surface area contributed by atoms with E-state index in [0.717, 1.165) is 172 Å². The maximum absolute atomic E-state index is 9.55.